The third-order valence-corrected chi connectivity index (χ3v) is 19.7. The number of pyridine rings is 1. The molecule has 0 bridgehead atoms. The molecular weight excluding hydrogens is 1590 g/mol. The first-order chi connectivity index (χ1) is 57.9. The molecule has 0 radical (unpaired) electrons. The van der Waals surface area contributed by atoms with Gasteiger partial charge in [-0.15, -0.1) is 0 Å². The lowest BCUT2D eigenvalue weighted by Gasteiger charge is -2.42. The van der Waals surface area contributed by atoms with Gasteiger partial charge in [0.25, 0.3) is 5.91 Å². The number of rotatable bonds is 65. The smallest absolute Gasteiger partial charge is 0.252 e. The Morgan fingerprint density at radius 1 is 0.397 bits per heavy atom. The lowest BCUT2D eigenvalue weighted by Crippen LogP contribution is -2.64. The van der Waals surface area contributed by atoms with Crippen molar-refractivity contribution < 1.29 is 146 Å². The lowest BCUT2D eigenvalue weighted by molar-refractivity contribution is -0.270. The van der Waals surface area contributed by atoms with Crippen LogP contribution in [-0.2, 0) is 95.4 Å². The van der Waals surface area contributed by atoms with E-state index in [0.717, 1.165) is 5.71 Å². The molecule has 3 saturated heterocycles. The molecule has 0 aliphatic carbocycles. The minimum absolute atomic E-state index is 0.000511. The number of unbranched alkanes of at least 4 members (excludes halogenated alkanes) is 7. The maximum Gasteiger partial charge on any atom is 0.252 e. The summed E-state index contributed by atoms with van der Waals surface area (Å²) >= 11 is 0. The van der Waals surface area contributed by atoms with Gasteiger partial charge in [0.05, 0.1) is 65.0 Å². The normalized spacial score (nSPS) is 23.1. The molecule has 0 saturated carbocycles. The molecule has 121 heavy (non-hydrogen) atoms. The van der Waals surface area contributed by atoms with Gasteiger partial charge < -0.3 is 131 Å². The fourth-order valence-corrected chi connectivity index (χ4v) is 13.0. The molecule has 0 spiro atoms. The Balaban J connectivity index is 1.33. The number of hydrogen-bond donors (Lipinski definition) is 18. The van der Waals surface area contributed by atoms with Crippen LogP contribution < -0.4 is 48.0 Å². The van der Waals surface area contributed by atoms with Gasteiger partial charge >= 0.3 is 0 Å². The van der Waals surface area contributed by atoms with Crippen LogP contribution in [0.5, 0.6) is 0 Å². The molecule has 3 fully saturated rings. The largest absolute Gasteiger partial charge is 0.394 e. The molecule has 1 aromatic rings. The molecular formula is C80H133N11O30. The first-order valence-electron chi connectivity index (χ1n) is 41.9. The first-order valence-corrected chi connectivity index (χ1v) is 41.9. The second kappa shape index (κ2) is 60.0. The number of hydrogen-bond acceptors (Lipinski definition) is 33. The van der Waals surface area contributed by atoms with Gasteiger partial charge in [-0.1, -0.05) is 12.8 Å². The molecule has 4 rings (SSSR count). The van der Waals surface area contributed by atoms with E-state index in [4.69, 9.17) is 42.6 Å². The highest BCUT2D eigenvalue weighted by molar-refractivity contribution is 5.97. The van der Waals surface area contributed by atoms with Crippen LogP contribution in [-0.4, -0.2) is 330 Å². The maximum absolute atomic E-state index is 14.0. The Hall–Kier alpha value is -7.66. The highest BCUT2D eigenvalue weighted by Gasteiger charge is 2.48. The van der Waals surface area contributed by atoms with Crippen LogP contribution in [0.2, 0.25) is 0 Å². The minimum atomic E-state index is -1.60. The number of carbonyl (C=O) groups is 12. The molecule has 4 heterocycles. The monoisotopic (exact) mass is 1730 g/mol. The first kappa shape index (κ1) is 106. The van der Waals surface area contributed by atoms with E-state index >= 15 is 0 Å². The van der Waals surface area contributed by atoms with Crippen LogP contribution in [0.3, 0.4) is 0 Å². The van der Waals surface area contributed by atoms with Gasteiger partial charge in [0.15, 0.2) is 18.9 Å². The van der Waals surface area contributed by atoms with Crippen molar-refractivity contribution in [2.75, 3.05) is 111 Å². The topological polar surface area (TPSA) is 603 Å². The number of amides is 8. The highest BCUT2D eigenvalue weighted by atomic mass is 16.7. The van der Waals surface area contributed by atoms with E-state index in [2.05, 4.69) is 58.0 Å². The molecule has 8 amide bonds. The molecule has 3 aliphatic heterocycles. The maximum atomic E-state index is 14.0. The number of carbonyl (C=O) groups excluding carboxylic acids is 12. The van der Waals surface area contributed by atoms with Crippen LogP contribution in [0.1, 0.15) is 205 Å². The van der Waals surface area contributed by atoms with Crippen molar-refractivity contribution in [2.45, 2.75) is 293 Å². The second-order valence-electron chi connectivity index (χ2n) is 30.6. The van der Waals surface area contributed by atoms with Crippen LogP contribution in [0.4, 0.5) is 5.82 Å². The SMILES string of the molecule is CC(=O)NC1C(OCCCCC(=O)CCCCCC(=O)CCOCC(COCCC(=O)CCCCCC(=O)CCCCOC2OC(CO)C(O)C(O)C2NC(C)=O)(COCCC(=O)NCCCNC(=O)CCCCOC2OC(CO)C(O)C(O)C2NC(C)=O)NC(=O)CC(=O)NCCCNC(=O)c2ccc(NN=C(C)C)nc2)OC(CO)C(O)C1O. The number of ether oxygens (including phenoxy) is 9. The zero-order chi connectivity index (χ0) is 89.1. The van der Waals surface area contributed by atoms with E-state index in [1.807, 2.05) is 0 Å². The predicted molar refractivity (Wildman–Crippen MR) is 431 cm³/mol. The van der Waals surface area contributed by atoms with E-state index in [0.29, 0.717) is 89.3 Å². The van der Waals surface area contributed by atoms with Crippen molar-refractivity contribution in [2.24, 2.45) is 5.10 Å². The predicted octanol–water partition coefficient (Wildman–Crippen LogP) is -2.22. The summed E-state index contributed by atoms with van der Waals surface area (Å²) in [4.78, 5) is 158. The van der Waals surface area contributed by atoms with Crippen LogP contribution in [0.15, 0.2) is 23.4 Å². The van der Waals surface area contributed by atoms with E-state index in [9.17, 15) is 103 Å². The van der Waals surface area contributed by atoms with Crippen LogP contribution >= 0.6 is 0 Å². The number of Topliss-reactive ketones (excluding diaryl/α,β-unsaturated/α-hetero) is 4. The van der Waals surface area contributed by atoms with Gasteiger partial charge in [-0.25, -0.2) is 4.98 Å². The standard InChI is InChI=1S/C80H133N11O30/c1-50(2)90-91-62-28-27-54(43-85-62)76(112)84-35-19-34-83-65(104)42-66(105)89-80(47-113-39-29-57(100)22-10-6-8-20-55(98)24-12-15-36-116-77-67(86-51(3)95)73(109)70(106)59(44-92)119-77,48-114-40-30-58(101)23-11-7-9-21-56(99)25-13-16-37-117-78-68(87-52(4)96)74(110)71(107)60(45-93)120-78)49-115-41-31-64(103)82-33-18-32-81-63(102)26-14-17-38-118-79-69(88-53(5)97)75(111)72(108)61(46-94)121-79/h27-28,43,59-61,67-75,77-79,92-94,106-111H,6-26,29-42,44-49H2,1-5H3,(H,81,102)(H,82,103)(H,83,104)(H,84,112)(H,85,91)(H,86,95)(H,87,96)(H,88,97)(H,89,105). The molecule has 15 unspecified atom stereocenters. The molecule has 41 nitrogen and oxygen atoms in total. The number of anilines is 1. The second-order valence-corrected chi connectivity index (χ2v) is 30.6. The Morgan fingerprint density at radius 2 is 0.744 bits per heavy atom. The van der Waals surface area contributed by atoms with Gasteiger partial charge in [-0.3, -0.25) is 63.0 Å². The summed E-state index contributed by atoms with van der Waals surface area (Å²) in [6.07, 6.45) is -7.48. The van der Waals surface area contributed by atoms with Gasteiger partial charge in [-0.2, -0.15) is 5.10 Å². The Morgan fingerprint density at radius 3 is 1.11 bits per heavy atom. The fourth-order valence-electron chi connectivity index (χ4n) is 13.0. The van der Waals surface area contributed by atoms with Crippen LogP contribution in [0.25, 0.3) is 0 Å². The van der Waals surface area contributed by atoms with Gasteiger partial charge in [0.1, 0.15) is 114 Å². The number of hydrazone groups is 1. The molecule has 688 valence electrons. The quantitative estimate of drug-likeness (QED) is 0.0142. The van der Waals surface area contributed by atoms with Gasteiger partial charge in [0, 0.05) is 143 Å². The van der Waals surface area contributed by atoms with E-state index < -0.39 is 165 Å². The average Bonchev–Trinajstić information content (AvgIpc) is 0.815. The zero-order valence-corrected chi connectivity index (χ0v) is 70.4. The van der Waals surface area contributed by atoms with E-state index in [1.54, 1.807) is 26.0 Å². The summed E-state index contributed by atoms with van der Waals surface area (Å²) in [5.74, 6) is -3.94. The van der Waals surface area contributed by atoms with Crippen molar-refractivity contribution >= 4 is 81.9 Å². The van der Waals surface area contributed by atoms with Gasteiger partial charge in [-0.05, 0) is 103 Å². The number of aromatic nitrogens is 1. The third kappa shape index (κ3) is 43.0. The summed E-state index contributed by atoms with van der Waals surface area (Å²) in [6, 6.07) is -0.132. The number of aliphatic hydroxyl groups is 9. The number of aliphatic hydroxyl groups excluding tert-OH is 9. The van der Waals surface area contributed by atoms with Crippen molar-refractivity contribution in [1.29, 1.82) is 0 Å². The fraction of sp³-hybridized carbons (Fsp3) is 0.775. The van der Waals surface area contributed by atoms with Crippen molar-refractivity contribution in [1.82, 2.24) is 47.5 Å². The Kier molecular flexibility index (Phi) is 52.4. The van der Waals surface area contributed by atoms with E-state index in [-0.39, 0.29) is 191 Å². The molecule has 15 atom stereocenters. The van der Waals surface area contributed by atoms with Crippen molar-refractivity contribution in [3.8, 4) is 0 Å². The molecule has 1 aromatic heterocycles. The van der Waals surface area contributed by atoms with Crippen molar-refractivity contribution in [3.05, 3.63) is 23.9 Å². The summed E-state index contributed by atoms with van der Waals surface area (Å²) < 4.78 is 52.2. The van der Waals surface area contributed by atoms with E-state index in [1.165, 1.54) is 27.0 Å². The average molecular weight is 1730 g/mol. The highest BCUT2D eigenvalue weighted by Crippen LogP contribution is 2.27. The molecule has 18 N–H and O–H groups in total. The summed E-state index contributed by atoms with van der Waals surface area (Å²) in [5.41, 5.74) is 2.23. The zero-order valence-electron chi connectivity index (χ0n) is 70.4. The summed E-state index contributed by atoms with van der Waals surface area (Å²) in [7, 11) is 0. The third-order valence-electron chi connectivity index (χ3n) is 19.7. The summed E-state index contributed by atoms with van der Waals surface area (Å²) in [6.45, 7) is 4.80. The Labute approximate surface area is 705 Å². The van der Waals surface area contributed by atoms with Gasteiger partial charge in [0.2, 0.25) is 41.4 Å². The van der Waals surface area contributed by atoms with Crippen molar-refractivity contribution in [3.63, 3.8) is 0 Å². The minimum Gasteiger partial charge on any atom is -0.394 e. The molecule has 0 aromatic carbocycles. The summed E-state index contributed by atoms with van der Waals surface area (Å²) in [5, 5.41) is 117. The lowest BCUT2D eigenvalue weighted by atomic mass is 9.97. The number of ketones is 4. The number of nitrogens with one attached hydrogen (secondary N) is 9. The van der Waals surface area contributed by atoms with Crippen LogP contribution in [0, 0.1) is 0 Å². The number of nitrogens with zero attached hydrogens (tertiary/aromatic N) is 2. The molecule has 41 heteroatoms. The molecule has 3 aliphatic rings. The Bertz CT molecular complexity index is 3080.